The summed E-state index contributed by atoms with van der Waals surface area (Å²) in [5.74, 6) is 0.147. The molecule has 0 radical (unpaired) electrons. The van der Waals surface area contributed by atoms with E-state index in [2.05, 4.69) is 15.1 Å². The van der Waals surface area contributed by atoms with Crippen LogP contribution >= 0.6 is 0 Å². The van der Waals surface area contributed by atoms with E-state index < -0.39 is 5.82 Å². The predicted molar refractivity (Wildman–Crippen MR) is 79.5 cm³/mol. The fraction of sp³-hybridized carbons (Fsp3) is 0.0667. The molecule has 8 heteroatoms. The van der Waals surface area contributed by atoms with Crippen LogP contribution in [0.1, 0.15) is 11.3 Å². The number of aryl methyl sites for hydroxylation is 1. The molecule has 3 rings (SSSR count). The van der Waals surface area contributed by atoms with Gasteiger partial charge >= 0.3 is 0 Å². The molecule has 2 N–H and O–H groups in total. The molecule has 0 saturated heterocycles. The SMILES string of the molecule is Cc1nn(-c2cc(Oc3ccccc3F)ncn2)c(N)c1C#N. The largest absolute Gasteiger partial charge is 0.436 e. The Kier molecular flexibility index (Phi) is 3.60. The number of nitrogens with two attached hydrogens (primary N) is 1. The Labute approximate surface area is 130 Å². The van der Waals surface area contributed by atoms with E-state index in [1.54, 1.807) is 19.1 Å². The normalized spacial score (nSPS) is 10.3. The minimum Gasteiger partial charge on any atom is -0.436 e. The molecule has 0 saturated carbocycles. The second-order valence-corrected chi connectivity index (χ2v) is 4.62. The van der Waals surface area contributed by atoms with Crippen molar-refractivity contribution in [2.45, 2.75) is 6.92 Å². The van der Waals surface area contributed by atoms with Crippen LogP contribution in [0.15, 0.2) is 36.7 Å². The highest BCUT2D eigenvalue weighted by Crippen LogP contribution is 2.24. The van der Waals surface area contributed by atoms with Crippen LogP contribution in [0.25, 0.3) is 5.82 Å². The van der Waals surface area contributed by atoms with E-state index in [9.17, 15) is 4.39 Å². The zero-order chi connectivity index (χ0) is 16.4. The van der Waals surface area contributed by atoms with E-state index in [4.69, 9.17) is 15.7 Å². The lowest BCUT2D eigenvalue weighted by atomic mass is 10.3. The molecule has 1 aromatic carbocycles. The van der Waals surface area contributed by atoms with Crippen molar-refractivity contribution in [1.82, 2.24) is 19.7 Å². The van der Waals surface area contributed by atoms with Gasteiger partial charge in [0.15, 0.2) is 17.4 Å². The van der Waals surface area contributed by atoms with Gasteiger partial charge in [0.1, 0.15) is 23.8 Å². The van der Waals surface area contributed by atoms with Gasteiger partial charge in [-0.15, -0.1) is 0 Å². The van der Waals surface area contributed by atoms with E-state index in [0.717, 1.165) is 0 Å². The maximum atomic E-state index is 13.6. The van der Waals surface area contributed by atoms with Gasteiger partial charge in [-0.05, 0) is 19.1 Å². The molecule has 0 unspecified atom stereocenters. The smallest absolute Gasteiger partial charge is 0.224 e. The average molecular weight is 310 g/mol. The zero-order valence-electron chi connectivity index (χ0n) is 12.1. The van der Waals surface area contributed by atoms with Crippen LogP contribution < -0.4 is 10.5 Å². The van der Waals surface area contributed by atoms with Gasteiger partial charge < -0.3 is 10.5 Å². The molecule has 2 heterocycles. The molecule has 114 valence electrons. The highest BCUT2D eigenvalue weighted by atomic mass is 19.1. The molecule has 0 aliphatic heterocycles. The number of para-hydroxylation sites is 1. The summed E-state index contributed by atoms with van der Waals surface area (Å²) in [6.07, 6.45) is 1.24. The molecule has 7 nitrogen and oxygen atoms in total. The van der Waals surface area contributed by atoms with E-state index >= 15 is 0 Å². The van der Waals surface area contributed by atoms with Crippen LogP contribution in [0, 0.1) is 24.1 Å². The van der Waals surface area contributed by atoms with Crippen molar-refractivity contribution in [2.75, 3.05) is 5.73 Å². The first-order valence-corrected chi connectivity index (χ1v) is 6.60. The van der Waals surface area contributed by atoms with Gasteiger partial charge in [-0.2, -0.15) is 15.0 Å². The van der Waals surface area contributed by atoms with Gasteiger partial charge in [-0.3, -0.25) is 0 Å². The highest BCUT2D eigenvalue weighted by Gasteiger charge is 2.15. The summed E-state index contributed by atoms with van der Waals surface area (Å²) >= 11 is 0. The summed E-state index contributed by atoms with van der Waals surface area (Å²) in [6, 6.07) is 9.41. The number of aromatic nitrogens is 4. The number of ether oxygens (including phenoxy) is 1. The Balaban J connectivity index is 1.98. The van der Waals surface area contributed by atoms with Crippen molar-refractivity contribution in [3.05, 3.63) is 53.7 Å². The van der Waals surface area contributed by atoms with Gasteiger partial charge in [0.05, 0.1) is 5.69 Å². The van der Waals surface area contributed by atoms with Gasteiger partial charge in [0.2, 0.25) is 5.88 Å². The molecule has 0 bridgehead atoms. The molecule has 0 aliphatic rings. The first-order chi connectivity index (χ1) is 11.1. The summed E-state index contributed by atoms with van der Waals surface area (Å²) < 4.78 is 20.3. The number of halogens is 1. The number of hydrogen-bond acceptors (Lipinski definition) is 6. The fourth-order valence-corrected chi connectivity index (χ4v) is 2.00. The van der Waals surface area contributed by atoms with E-state index in [0.29, 0.717) is 11.5 Å². The van der Waals surface area contributed by atoms with Crippen molar-refractivity contribution in [3.8, 4) is 23.5 Å². The first kappa shape index (κ1) is 14.5. The molecule has 0 fully saturated rings. The second-order valence-electron chi connectivity index (χ2n) is 4.62. The topological polar surface area (TPSA) is 103 Å². The summed E-state index contributed by atoms with van der Waals surface area (Å²) in [6.45, 7) is 1.67. The third-order valence-corrected chi connectivity index (χ3v) is 3.10. The van der Waals surface area contributed by atoms with Crippen molar-refractivity contribution >= 4 is 5.82 Å². The molecule has 0 atom stereocenters. The number of benzene rings is 1. The lowest BCUT2D eigenvalue weighted by Crippen LogP contribution is -2.05. The number of anilines is 1. The summed E-state index contributed by atoms with van der Waals surface area (Å²) in [5.41, 5.74) is 6.65. The van der Waals surface area contributed by atoms with Crippen LogP contribution in [-0.2, 0) is 0 Å². The number of nitriles is 1. The standard InChI is InChI=1S/C15H11FN6O/c1-9-10(7-17)15(18)22(21-9)13-6-14(20-8-19-13)23-12-5-3-2-4-11(12)16/h2-6,8H,18H2,1H3. The number of hydrogen-bond donors (Lipinski definition) is 1. The van der Waals surface area contributed by atoms with Crippen LogP contribution in [0.2, 0.25) is 0 Å². The molecule has 2 aromatic heterocycles. The van der Waals surface area contributed by atoms with Gasteiger partial charge in [0, 0.05) is 6.07 Å². The average Bonchev–Trinajstić information content (AvgIpc) is 2.84. The number of rotatable bonds is 3. The van der Waals surface area contributed by atoms with E-state index in [1.165, 1.54) is 29.2 Å². The quantitative estimate of drug-likeness (QED) is 0.796. The fourth-order valence-electron chi connectivity index (χ4n) is 2.00. The molecule has 23 heavy (non-hydrogen) atoms. The lowest BCUT2D eigenvalue weighted by molar-refractivity contribution is 0.426. The molecule has 0 aliphatic carbocycles. The molecule has 0 amide bonds. The maximum absolute atomic E-state index is 13.6. The Hall–Kier alpha value is -3.47. The third kappa shape index (κ3) is 2.67. The van der Waals surface area contributed by atoms with E-state index in [-0.39, 0.29) is 23.0 Å². The summed E-state index contributed by atoms with van der Waals surface area (Å²) in [4.78, 5) is 7.98. The van der Waals surface area contributed by atoms with Crippen LogP contribution in [0.3, 0.4) is 0 Å². The van der Waals surface area contributed by atoms with Crippen LogP contribution in [0.5, 0.6) is 11.6 Å². The van der Waals surface area contributed by atoms with Gasteiger partial charge in [0.25, 0.3) is 0 Å². The van der Waals surface area contributed by atoms with Crippen LogP contribution in [-0.4, -0.2) is 19.7 Å². The second kappa shape index (κ2) is 5.73. The maximum Gasteiger partial charge on any atom is 0.224 e. The molecule has 0 spiro atoms. The highest BCUT2D eigenvalue weighted by molar-refractivity contribution is 5.55. The minimum atomic E-state index is -0.506. The Bertz CT molecular complexity index is 915. The first-order valence-electron chi connectivity index (χ1n) is 6.60. The summed E-state index contributed by atoms with van der Waals surface area (Å²) in [7, 11) is 0. The van der Waals surface area contributed by atoms with Crippen molar-refractivity contribution < 1.29 is 9.13 Å². The number of nitrogens with zero attached hydrogens (tertiary/aromatic N) is 5. The van der Waals surface area contributed by atoms with Crippen LogP contribution in [0.4, 0.5) is 10.2 Å². The summed E-state index contributed by atoms with van der Waals surface area (Å²) in [5, 5.41) is 13.2. The Morgan fingerprint density at radius 1 is 1.30 bits per heavy atom. The third-order valence-electron chi connectivity index (χ3n) is 3.10. The number of nitrogen functional groups attached to an aromatic ring is 1. The Morgan fingerprint density at radius 3 is 2.78 bits per heavy atom. The monoisotopic (exact) mass is 310 g/mol. The minimum absolute atomic E-state index is 0.0412. The Morgan fingerprint density at radius 2 is 2.09 bits per heavy atom. The molecular formula is C15H11FN6O. The lowest BCUT2D eigenvalue weighted by Gasteiger charge is -2.07. The van der Waals surface area contributed by atoms with Gasteiger partial charge in [-0.1, -0.05) is 12.1 Å². The van der Waals surface area contributed by atoms with Crippen molar-refractivity contribution in [1.29, 1.82) is 5.26 Å². The molecular weight excluding hydrogens is 299 g/mol. The molecule has 3 aromatic rings. The van der Waals surface area contributed by atoms with E-state index in [1.807, 2.05) is 6.07 Å². The predicted octanol–water partition coefficient (Wildman–Crippen LogP) is 2.36. The zero-order valence-corrected chi connectivity index (χ0v) is 12.1. The van der Waals surface area contributed by atoms with Gasteiger partial charge in [-0.25, -0.2) is 14.4 Å². The van der Waals surface area contributed by atoms with Crippen molar-refractivity contribution in [3.63, 3.8) is 0 Å². The van der Waals surface area contributed by atoms with Crippen molar-refractivity contribution in [2.24, 2.45) is 0 Å².